The van der Waals surface area contributed by atoms with E-state index in [1.807, 2.05) is 21.9 Å². The van der Waals surface area contributed by atoms with E-state index in [-0.39, 0.29) is 5.91 Å². The van der Waals surface area contributed by atoms with Crippen LogP contribution < -0.4 is 14.4 Å². The number of rotatable bonds is 6. The van der Waals surface area contributed by atoms with Gasteiger partial charge in [-0.25, -0.2) is 9.97 Å². The Bertz CT molecular complexity index is 863. The second-order valence-electron chi connectivity index (χ2n) is 7.17. The van der Waals surface area contributed by atoms with Crippen molar-refractivity contribution in [1.29, 1.82) is 0 Å². The lowest BCUT2D eigenvalue weighted by Crippen LogP contribution is -2.48. The highest BCUT2D eigenvalue weighted by atomic mass is 16.7. The van der Waals surface area contributed by atoms with Crippen LogP contribution in [0.25, 0.3) is 0 Å². The minimum Gasteiger partial charge on any atom is -0.454 e. The van der Waals surface area contributed by atoms with Crippen molar-refractivity contribution in [3.8, 4) is 11.5 Å². The topological polar surface area (TPSA) is 71.0 Å². The van der Waals surface area contributed by atoms with Crippen LogP contribution in [-0.2, 0) is 6.54 Å². The summed E-state index contributed by atoms with van der Waals surface area (Å²) in [7, 11) is 0. The molecule has 0 atom stereocenters. The van der Waals surface area contributed by atoms with Gasteiger partial charge in [-0.2, -0.15) is 0 Å². The summed E-state index contributed by atoms with van der Waals surface area (Å²) in [6.45, 7) is 9.89. The third-order valence-corrected chi connectivity index (χ3v) is 5.41. The van der Waals surface area contributed by atoms with Crippen LogP contribution in [0.2, 0.25) is 0 Å². The van der Waals surface area contributed by atoms with Crippen molar-refractivity contribution >= 4 is 11.9 Å². The fraction of sp³-hybridized carbons (Fsp3) is 0.476. The number of amides is 1. The Kier molecular flexibility index (Phi) is 5.80. The third-order valence-electron chi connectivity index (χ3n) is 5.41. The maximum atomic E-state index is 12.9. The van der Waals surface area contributed by atoms with E-state index in [0.29, 0.717) is 31.5 Å². The molecule has 0 aliphatic carbocycles. The molecule has 1 aromatic carbocycles. The zero-order valence-electron chi connectivity index (χ0n) is 17.0. The average Bonchev–Trinajstić information content (AvgIpc) is 3.23. The van der Waals surface area contributed by atoms with E-state index in [1.54, 1.807) is 12.3 Å². The quantitative estimate of drug-likeness (QED) is 0.738. The number of fused-ring (bicyclic) bond motifs is 1. The van der Waals surface area contributed by atoms with E-state index in [1.165, 1.54) is 5.56 Å². The summed E-state index contributed by atoms with van der Waals surface area (Å²) in [5.74, 6) is 2.20. The van der Waals surface area contributed by atoms with E-state index in [0.717, 1.165) is 44.2 Å². The van der Waals surface area contributed by atoms with Crippen molar-refractivity contribution in [3.63, 3.8) is 0 Å². The summed E-state index contributed by atoms with van der Waals surface area (Å²) in [4.78, 5) is 28.0. The van der Waals surface area contributed by atoms with E-state index in [2.05, 4.69) is 34.8 Å². The Labute approximate surface area is 171 Å². The first-order valence-electron chi connectivity index (χ1n) is 10.2. The van der Waals surface area contributed by atoms with Gasteiger partial charge in [0.25, 0.3) is 5.91 Å². The number of benzene rings is 1. The summed E-state index contributed by atoms with van der Waals surface area (Å²) in [5.41, 5.74) is 1.65. The zero-order valence-corrected chi connectivity index (χ0v) is 17.0. The van der Waals surface area contributed by atoms with Gasteiger partial charge in [-0.3, -0.25) is 9.69 Å². The summed E-state index contributed by atoms with van der Waals surface area (Å²) in [5, 5.41) is 0. The van der Waals surface area contributed by atoms with Crippen LogP contribution in [0.3, 0.4) is 0 Å². The molecule has 0 radical (unpaired) electrons. The van der Waals surface area contributed by atoms with E-state index < -0.39 is 0 Å². The molecule has 2 aliphatic rings. The maximum Gasteiger partial charge on any atom is 0.272 e. The molecular weight excluding hydrogens is 370 g/mol. The monoisotopic (exact) mass is 397 g/mol. The van der Waals surface area contributed by atoms with Gasteiger partial charge in [0, 0.05) is 52.0 Å². The van der Waals surface area contributed by atoms with Crippen molar-refractivity contribution in [3.05, 3.63) is 41.7 Å². The molecule has 1 fully saturated rings. The Morgan fingerprint density at radius 3 is 2.59 bits per heavy atom. The number of piperazine rings is 1. The number of hydrogen-bond donors (Lipinski definition) is 0. The Balaban J connectivity index is 1.34. The van der Waals surface area contributed by atoms with Crippen molar-refractivity contribution in [2.45, 2.75) is 20.4 Å². The molecule has 0 saturated carbocycles. The average molecular weight is 397 g/mol. The van der Waals surface area contributed by atoms with Gasteiger partial charge >= 0.3 is 0 Å². The Morgan fingerprint density at radius 2 is 1.83 bits per heavy atom. The Hall–Kier alpha value is -2.87. The van der Waals surface area contributed by atoms with Gasteiger partial charge in [0.2, 0.25) is 12.7 Å². The van der Waals surface area contributed by atoms with Crippen LogP contribution in [0.1, 0.15) is 29.9 Å². The molecule has 0 unspecified atom stereocenters. The molecule has 2 aromatic rings. The molecule has 0 spiro atoms. The highest BCUT2D eigenvalue weighted by Crippen LogP contribution is 2.32. The maximum absolute atomic E-state index is 12.9. The van der Waals surface area contributed by atoms with E-state index >= 15 is 0 Å². The molecular formula is C21H27N5O3. The van der Waals surface area contributed by atoms with Crippen molar-refractivity contribution in [2.75, 3.05) is 51.0 Å². The largest absolute Gasteiger partial charge is 0.454 e. The number of carbonyl (C=O) groups is 1. The van der Waals surface area contributed by atoms with E-state index in [9.17, 15) is 4.79 Å². The van der Waals surface area contributed by atoms with Crippen molar-refractivity contribution in [1.82, 2.24) is 19.8 Å². The third kappa shape index (κ3) is 4.27. The number of ether oxygens (including phenoxy) is 2. The summed E-state index contributed by atoms with van der Waals surface area (Å²) in [6.07, 6.45) is 1.67. The van der Waals surface area contributed by atoms with Gasteiger partial charge in [0.1, 0.15) is 5.69 Å². The lowest BCUT2D eigenvalue weighted by molar-refractivity contribution is 0.0622. The van der Waals surface area contributed by atoms with Crippen LogP contribution in [0.4, 0.5) is 5.95 Å². The molecule has 1 aromatic heterocycles. The highest BCUT2D eigenvalue weighted by Gasteiger charge is 2.24. The normalized spacial score (nSPS) is 16.1. The molecule has 29 heavy (non-hydrogen) atoms. The predicted molar refractivity (Wildman–Crippen MR) is 109 cm³/mol. The molecule has 3 heterocycles. The molecule has 154 valence electrons. The summed E-state index contributed by atoms with van der Waals surface area (Å²) < 4.78 is 10.8. The minimum absolute atomic E-state index is 0.0245. The number of anilines is 1. The number of aromatic nitrogens is 2. The SMILES string of the molecule is CCN(CC)c1nccc(C(=O)N2CCN(Cc3ccc4c(c3)OCO4)CC2)n1. The first-order chi connectivity index (χ1) is 14.2. The van der Waals surface area contributed by atoms with Gasteiger partial charge < -0.3 is 19.3 Å². The van der Waals surface area contributed by atoms with Crippen LogP contribution in [0, 0.1) is 0 Å². The van der Waals surface area contributed by atoms with Crippen molar-refractivity contribution in [2.24, 2.45) is 0 Å². The first-order valence-corrected chi connectivity index (χ1v) is 10.2. The molecule has 1 saturated heterocycles. The second kappa shape index (κ2) is 8.65. The fourth-order valence-corrected chi connectivity index (χ4v) is 3.69. The van der Waals surface area contributed by atoms with Gasteiger partial charge in [0.15, 0.2) is 11.5 Å². The molecule has 0 bridgehead atoms. The second-order valence-corrected chi connectivity index (χ2v) is 7.17. The fourth-order valence-electron chi connectivity index (χ4n) is 3.69. The summed E-state index contributed by atoms with van der Waals surface area (Å²) in [6, 6.07) is 7.77. The highest BCUT2D eigenvalue weighted by molar-refractivity contribution is 5.92. The molecule has 2 aliphatic heterocycles. The smallest absolute Gasteiger partial charge is 0.272 e. The number of hydrogen-bond acceptors (Lipinski definition) is 7. The lowest BCUT2D eigenvalue weighted by atomic mass is 10.1. The molecule has 8 heteroatoms. The first kappa shape index (κ1) is 19.4. The van der Waals surface area contributed by atoms with Crippen LogP contribution >= 0.6 is 0 Å². The van der Waals surface area contributed by atoms with Crippen LogP contribution in [0.5, 0.6) is 11.5 Å². The van der Waals surface area contributed by atoms with Gasteiger partial charge in [0.05, 0.1) is 0 Å². The number of nitrogens with zero attached hydrogens (tertiary/aromatic N) is 5. The number of carbonyl (C=O) groups excluding carboxylic acids is 1. The van der Waals surface area contributed by atoms with Gasteiger partial charge in [-0.15, -0.1) is 0 Å². The standard InChI is InChI=1S/C21H27N5O3/c1-3-25(4-2)21-22-8-7-17(23-21)20(27)26-11-9-24(10-12-26)14-16-5-6-18-19(13-16)29-15-28-18/h5-8,13H,3-4,9-12,14-15H2,1-2H3. The molecule has 4 rings (SSSR count). The van der Waals surface area contributed by atoms with Crippen LogP contribution in [0.15, 0.2) is 30.5 Å². The van der Waals surface area contributed by atoms with Crippen molar-refractivity contribution < 1.29 is 14.3 Å². The summed E-state index contributed by atoms with van der Waals surface area (Å²) >= 11 is 0. The molecule has 8 nitrogen and oxygen atoms in total. The van der Waals surface area contributed by atoms with Crippen LogP contribution in [-0.4, -0.2) is 71.7 Å². The Morgan fingerprint density at radius 1 is 1.07 bits per heavy atom. The van der Waals surface area contributed by atoms with Gasteiger partial charge in [-0.1, -0.05) is 6.07 Å². The zero-order chi connectivity index (χ0) is 20.2. The van der Waals surface area contributed by atoms with Gasteiger partial charge in [-0.05, 0) is 37.6 Å². The molecule has 0 N–H and O–H groups in total. The lowest BCUT2D eigenvalue weighted by Gasteiger charge is -2.34. The molecule has 1 amide bonds. The minimum atomic E-state index is -0.0245. The predicted octanol–water partition coefficient (Wildman–Crippen LogP) is 2.01. The van der Waals surface area contributed by atoms with E-state index in [4.69, 9.17) is 9.47 Å².